The quantitative estimate of drug-likeness (QED) is 0.786. The largest absolute Gasteiger partial charge is 0.308 e. The molecule has 0 spiro atoms. The Bertz CT molecular complexity index is 592. The molecule has 17 heavy (non-hydrogen) atoms. The molecule has 0 saturated heterocycles. The molecule has 2 aromatic rings. The van der Waals surface area contributed by atoms with Gasteiger partial charge in [-0.2, -0.15) is 5.10 Å². The van der Waals surface area contributed by atoms with E-state index in [0.29, 0.717) is 5.69 Å². The second-order valence-electron chi connectivity index (χ2n) is 3.45. The van der Waals surface area contributed by atoms with Crippen LogP contribution in [0.3, 0.4) is 0 Å². The lowest BCUT2D eigenvalue weighted by molar-refractivity contribution is 0.587. The van der Waals surface area contributed by atoms with E-state index in [9.17, 15) is 8.42 Å². The van der Waals surface area contributed by atoms with Crippen LogP contribution in [-0.2, 0) is 17.1 Å². The molecular weight excluding hydrogens is 240 g/mol. The third-order valence-corrected chi connectivity index (χ3v) is 3.30. The molecule has 2 N–H and O–H groups in total. The lowest BCUT2D eigenvalue weighted by Crippen LogP contribution is -2.29. The Morgan fingerprint density at radius 1 is 1.24 bits per heavy atom. The van der Waals surface area contributed by atoms with E-state index in [-0.39, 0.29) is 4.90 Å². The van der Waals surface area contributed by atoms with Crippen molar-refractivity contribution in [1.82, 2.24) is 14.6 Å². The molecule has 0 fully saturated rings. The second-order valence-corrected chi connectivity index (χ2v) is 5.13. The molecule has 0 saturated carbocycles. The summed E-state index contributed by atoms with van der Waals surface area (Å²) in [6, 6.07) is 8.97. The third-order valence-electron chi connectivity index (χ3n) is 2.10. The SMILES string of the molecule is Cn1cc(S(=O)(=O)NNc2ccccc2)cn1. The first-order valence-electron chi connectivity index (χ1n) is 4.89. The smallest absolute Gasteiger partial charge is 0.260 e. The molecule has 0 amide bonds. The molecule has 6 nitrogen and oxygen atoms in total. The summed E-state index contributed by atoms with van der Waals surface area (Å²) >= 11 is 0. The molecule has 90 valence electrons. The van der Waals surface area contributed by atoms with Gasteiger partial charge in [0, 0.05) is 18.9 Å². The summed E-state index contributed by atoms with van der Waals surface area (Å²) < 4.78 is 25.0. The minimum atomic E-state index is -3.58. The van der Waals surface area contributed by atoms with Gasteiger partial charge in [-0.1, -0.05) is 18.2 Å². The summed E-state index contributed by atoms with van der Waals surface area (Å²) in [5.74, 6) is 0. The predicted molar refractivity (Wildman–Crippen MR) is 63.6 cm³/mol. The van der Waals surface area contributed by atoms with Gasteiger partial charge in [0.1, 0.15) is 4.90 Å². The monoisotopic (exact) mass is 252 g/mol. The van der Waals surface area contributed by atoms with Crippen molar-refractivity contribution >= 4 is 15.7 Å². The van der Waals surface area contributed by atoms with Gasteiger partial charge >= 0.3 is 0 Å². The van der Waals surface area contributed by atoms with E-state index in [4.69, 9.17) is 0 Å². The summed E-state index contributed by atoms with van der Waals surface area (Å²) in [6.07, 6.45) is 2.71. The van der Waals surface area contributed by atoms with Gasteiger partial charge in [-0.05, 0) is 12.1 Å². The van der Waals surface area contributed by atoms with E-state index in [1.54, 1.807) is 31.3 Å². The van der Waals surface area contributed by atoms with Gasteiger partial charge in [-0.15, -0.1) is 4.83 Å². The zero-order valence-corrected chi connectivity index (χ0v) is 9.98. The highest BCUT2D eigenvalue weighted by molar-refractivity contribution is 7.89. The fourth-order valence-corrected chi connectivity index (χ4v) is 2.09. The number of nitrogens with one attached hydrogen (secondary N) is 2. The highest BCUT2D eigenvalue weighted by Crippen LogP contribution is 2.08. The molecule has 7 heteroatoms. The minimum Gasteiger partial charge on any atom is -0.308 e. The number of anilines is 1. The maximum absolute atomic E-state index is 11.8. The van der Waals surface area contributed by atoms with Crippen molar-refractivity contribution in [2.45, 2.75) is 4.90 Å². The van der Waals surface area contributed by atoms with Crippen molar-refractivity contribution in [3.05, 3.63) is 42.7 Å². The van der Waals surface area contributed by atoms with Gasteiger partial charge in [0.2, 0.25) is 0 Å². The number of hydrazine groups is 1. The van der Waals surface area contributed by atoms with Gasteiger partial charge in [-0.25, -0.2) is 8.42 Å². The van der Waals surface area contributed by atoms with Crippen LogP contribution in [0.2, 0.25) is 0 Å². The number of aryl methyl sites for hydroxylation is 1. The predicted octanol–water partition coefficient (Wildman–Crippen LogP) is 0.725. The molecular formula is C10H12N4O2S. The van der Waals surface area contributed by atoms with Gasteiger partial charge in [0.05, 0.1) is 6.20 Å². The number of benzene rings is 1. The zero-order valence-electron chi connectivity index (χ0n) is 9.16. The Balaban J connectivity index is 2.09. The second kappa shape index (κ2) is 4.56. The van der Waals surface area contributed by atoms with E-state index < -0.39 is 10.0 Å². The van der Waals surface area contributed by atoms with Crippen molar-refractivity contribution in [1.29, 1.82) is 0 Å². The molecule has 1 aromatic heterocycles. The van der Waals surface area contributed by atoms with Crippen LogP contribution in [0.25, 0.3) is 0 Å². The Kier molecular flexibility index (Phi) is 3.12. The summed E-state index contributed by atoms with van der Waals surface area (Å²) in [6.45, 7) is 0. The fraction of sp³-hybridized carbons (Fsp3) is 0.100. The number of rotatable bonds is 4. The van der Waals surface area contributed by atoms with E-state index in [0.717, 1.165) is 0 Å². The fourth-order valence-electron chi connectivity index (χ4n) is 1.24. The van der Waals surface area contributed by atoms with Crippen LogP contribution in [0, 0.1) is 0 Å². The standard InChI is InChI=1S/C10H12N4O2S/c1-14-8-10(7-11-14)17(15,16)13-12-9-5-3-2-4-6-9/h2-8,12-13H,1H3. The highest BCUT2D eigenvalue weighted by Gasteiger charge is 2.15. The van der Waals surface area contributed by atoms with Crippen LogP contribution < -0.4 is 10.3 Å². The van der Waals surface area contributed by atoms with Crippen molar-refractivity contribution in [2.75, 3.05) is 5.43 Å². The van der Waals surface area contributed by atoms with E-state index >= 15 is 0 Å². The maximum atomic E-state index is 11.8. The number of aromatic nitrogens is 2. The number of para-hydroxylation sites is 1. The zero-order chi connectivity index (χ0) is 12.3. The van der Waals surface area contributed by atoms with Crippen LogP contribution in [-0.4, -0.2) is 18.2 Å². The van der Waals surface area contributed by atoms with Crippen molar-refractivity contribution in [3.8, 4) is 0 Å². The number of hydrogen-bond donors (Lipinski definition) is 2. The van der Waals surface area contributed by atoms with E-state index in [2.05, 4.69) is 15.4 Å². The topological polar surface area (TPSA) is 76.0 Å². The van der Waals surface area contributed by atoms with Crippen molar-refractivity contribution in [3.63, 3.8) is 0 Å². The van der Waals surface area contributed by atoms with Crippen molar-refractivity contribution < 1.29 is 8.42 Å². The molecule has 0 atom stereocenters. The summed E-state index contributed by atoms with van der Waals surface area (Å²) in [5, 5.41) is 3.81. The molecule has 0 aliphatic carbocycles. The Morgan fingerprint density at radius 3 is 2.53 bits per heavy atom. The molecule has 0 aliphatic heterocycles. The number of nitrogens with zero attached hydrogens (tertiary/aromatic N) is 2. The molecule has 1 aromatic carbocycles. The van der Waals surface area contributed by atoms with E-state index in [1.165, 1.54) is 17.1 Å². The lowest BCUT2D eigenvalue weighted by Gasteiger charge is -2.07. The van der Waals surface area contributed by atoms with Gasteiger partial charge in [0.25, 0.3) is 10.0 Å². The Labute approximate surface area is 99.3 Å². The molecule has 0 aliphatic rings. The summed E-state index contributed by atoms with van der Waals surface area (Å²) in [7, 11) is -1.93. The van der Waals surface area contributed by atoms with Crippen LogP contribution in [0.1, 0.15) is 0 Å². The van der Waals surface area contributed by atoms with Gasteiger partial charge in [-0.3, -0.25) is 4.68 Å². The van der Waals surface area contributed by atoms with E-state index in [1.807, 2.05) is 6.07 Å². The van der Waals surface area contributed by atoms with Gasteiger partial charge in [0.15, 0.2) is 0 Å². The number of sulfonamides is 1. The number of hydrogen-bond acceptors (Lipinski definition) is 4. The first-order chi connectivity index (χ1) is 8.08. The Hall–Kier alpha value is -1.86. The summed E-state index contributed by atoms with van der Waals surface area (Å²) in [4.78, 5) is 2.39. The van der Waals surface area contributed by atoms with Gasteiger partial charge < -0.3 is 5.43 Å². The average molecular weight is 252 g/mol. The maximum Gasteiger partial charge on any atom is 0.260 e. The summed E-state index contributed by atoms with van der Waals surface area (Å²) in [5.41, 5.74) is 3.28. The van der Waals surface area contributed by atoms with Crippen LogP contribution in [0.4, 0.5) is 5.69 Å². The lowest BCUT2D eigenvalue weighted by atomic mass is 10.3. The van der Waals surface area contributed by atoms with Crippen molar-refractivity contribution in [2.24, 2.45) is 7.05 Å². The van der Waals surface area contributed by atoms with Crippen LogP contribution in [0.15, 0.2) is 47.6 Å². The first kappa shape index (κ1) is 11.6. The molecule has 1 heterocycles. The average Bonchev–Trinajstić information content (AvgIpc) is 2.76. The molecule has 0 bridgehead atoms. The Morgan fingerprint density at radius 2 is 1.94 bits per heavy atom. The van der Waals surface area contributed by atoms with Crippen LogP contribution >= 0.6 is 0 Å². The first-order valence-corrected chi connectivity index (χ1v) is 6.38. The third kappa shape index (κ3) is 2.83. The highest BCUT2D eigenvalue weighted by atomic mass is 32.2. The molecule has 2 rings (SSSR count). The van der Waals surface area contributed by atoms with Crippen LogP contribution in [0.5, 0.6) is 0 Å². The molecule has 0 radical (unpaired) electrons. The normalized spacial score (nSPS) is 11.4. The minimum absolute atomic E-state index is 0.114. The molecule has 0 unspecified atom stereocenters.